The molecule has 0 aromatic heterocycles. The molecule has 0 aromatic carbocycles. The Morgan fingerprint density at radius 1 is 1.16 bits per heavy atom. The van der Waals surface area contributed by atoms with E-state index in [1.807, 2.05) is 0 Å². The standard InChI is InChI=1S/C15H30N2O2/c1-2-19-15(12-7-4-3-5-8-12)14(17-16)13-9-6-10-18-11-13/h12-15,17H,2-11,16H2,1H3. The van der Waals surface area contributed by atoms with Gasteiger partial charge in [0.15, 0.2) is 0 Å². The van der Waals surface area contributed by atoms with Crippen molar-refractivity contribution >= 4 is 0 Å². The normalized spacial score (nSPS) is 29.1. The molecule has 4 heteroatoms. The molecule has 4 nitrogen and oxygen atoms in total. The van der Waals surface area contributed by atoms with E-state index in [9.17, 15) is 0 Å². The molecule has 1 aliphatic carbocycles. The minimum atomic E-state index is 0.239. The van der Waals surface area contributed by atoms with E-state index in [1.165, 1.54) is 38.5 Å². The molecule has 2 rings (SSSR count). The number of nitrogens with two attached hydrogens (primary N) is 1. The molecule has 112 valence electrons. The van der Waals surface area contributed by atoms with Gasteiger partial charge in [-0.3, -0.25) is 11.3 Å². The van der Waals surface area contributed by atoms with Gasteiger partial charge in [0, 0.05) is 19.1 Å². The van der Waals surface area contributed by atoms with Crippen molar-refractivity contribution in [2.45, 2.75) is 64.0 Å². The second-order valence-electron chi connectivity index (χ2n) is 5.99. The molecule has 3 N–H and O–H groups in total. The maximum Gasteiger partial charge on any atom is 0.0772 e. The Balaban J connectivity index is 2.00. The van der Waals surface area contributed by atoms with Gasteiger partial charge in [0.25, 0.3) is 0 Å². The molecule has 2 aliphatic rings. The smallest absolute Gasteiger partial charge is 0.0772 e. The fraction of sp³-hybridized carbons (Fsp3) is 1.00. The molecule has 0 spiro atoms. The molecule has 19 heavy (non-hydrogen) atoms. The van der Waals surface area contributed by atoms with Gasteiger partial charge in [-0.1, -0.05) is 19.3 Å². The minimum Gasteiger partial charge on any atom is -0.381 e. The zero-order valence-electron chi connectivity index (χ0n) is 12.3. The largest absolute Gasteiger partial charge is 0.381 e. The van der Waals surface area contributed by atoms with Crippen molar-refractivity contribution < 1.29 is 9.47 Å². The fourth-order valence-electron chi connectivity index (χ4n) is 3.74. The zero-order chi connectivity index (χ0) is 13.5. The summed E-state index contributed by atoms with van der Waals surface area (Å²) < 4.78 is 11.7. The van der Waals surface area contributed by atoms with E-state index < -0.39 is 0 Å². The maximum atomic E-state index is 6.09. The van der Waals surface area contributed by atoms with Crippen molar-refractivity contribution in [3.05, 3.63) is 0 Å². The lowest BCUT2D eigenvalue weighted by molar-refractivity contribution is -0.0550. The van der Waals surface area contributed by atoms with Crippen LogP contribution in [0.3, 0.4) is 0 Å². The van der Waals surface area contributed by atoms with Crippen LogP contribution in [-0.4, -0.2) is 32.0 Å². The lowest BCUT2D eigenvalue weighted by Gasteiger charge is -2.40. The van der Waals surface area contributed by atoms with Crippen molar-refractivity contribution in [2.24, 2.45) is 17.7 Å². The molecule has 1 saturated heterocycles. The first-order valence-electron chi connectivity index (χ1n) is 8.02. The second kappa shape index (κ2) is 8.20. The highest BCUT2D eigenvalue weighted by Gasteiger charge is 2.36. The van der Waals surface area contributed by atoms with Gasteiger partial charge in [-0.2, -0.15) is 0 Å². The van der Waals surface area contributed by atoms with Crippen LogP contribution in [0.25, 0.3) is 0 Å². The third-order valence-corrected chi connectivity index (χ3v) is 4.72. The van der Waals surface area contributed by atoms with Gasteiger partial charge in [0.2, 0.25) is 0 Å². The third-order valence-electron chi connectivity index (χ3n) is 4.72. The van der Waals surface area contributed by atoms with Crippen LogP contribution in [0.15, 0.2) is 0 Å². The maximum absolute atomic E-state index is 6.09. The van der Waals surface area contributed by atoms with E-state index in [4.69, 9.17) is 15.3 Å². The molecule has 1 heterocycles. The summed E-state index contributed by atoms with van der Waals surface area (Å²) in [5, 5.41) is 0. The third kappa shape index (κ3) is 4.15. The van der Waals surface area contributed by atoms with Gasteiger partial charge in [0.1, 0.15) is 0 Å². The number of ether oxygens (including phenoxy) is 2. The van der Waals surface area contributed by atoms with E-state index >= 15 is 0 Å². The summed E-state index contributed by atoms with van der Waals surface area (Å²) in [5.74, 6) is 7.02. The first-order chi connectivity index (χ1) is 9.36. The number of hydrogen-bond donors (Lipinski definition) is 2. The van der Waals surface area contributed by atoms with E-state index in [0.29, 0.717) is 11.8 Å². The number of hydrogen-bond acceptors (Lipinski definition) is 4. The SMILES string of the molecule is CCOC(C1CCCCC1)C(NN)C1CCCOC1. The van der Waals surface area contributed by atoms with Crippen LogP contribution >= 0.6 is 0 Å². The Kier molecular flexibility index (Phi) is 6.57. The molecule has 0 aromatic rings. The van der Waals surface area contributed by atoms with Gasteiger partial charge in [-0.15, -0.1) is 0 Å². The van der Waals surface area contributed by atoms with Crippen molar-refractivity contribution in [2.75, 3.05) is 19.8 Å². The Hall–Kier alpha value is -0.160. The first kappa shape index (κ1) is 15.2. The molecule has 0 radical (unpaired) electrons. The van der Waals surface area contributed by atoms with Gasteiger partial charge >= 0.3 is 0 Å². The minimum absolute atomic E-state index is 0.239. The van der Waals surface area contributed by atoms with Gasteiger partial charge in [-0.25, -0.2) is 0 Å². The highest BCUT2D eigenvalue weighted by atomic mass is 16.5. The fourth-order valence-corrected chi connectivity index (χ4v) is 3.74. The lowest BCUT2D eigenvalue weighted by Crippen LogP contribution is -2.54. The van der Waals surface area contributed by atoms with Crippen molar-refractivity contribution in [3.8, 4) is 0 Å². The molecule has 3 atom stereocenters. The molecular formula is C15H30N2O2. The first-order valence-corrected chi connectivity index (χ1v) is 8.02. The molecule has 0 bridgehead atoms. The van der Waals surface area contributed by atoms with Crippen LogP contribution in [0, 0.1) is 11.8 Å². The van der Waals surface area contributed by atoms with Crippen LogP contribution < -0.4 is 11.3 Å². The Bertz CT molecular complexity index is 238. The van der Waals surface area contributed by atoms with Crippen LogP contribution in [0.4, 0.5) is 0 Å². The van der Waals surface area contributed by atoms with Crippen LogP contribution in [0.2, 0.25) is 0 Å². The number of rotatable bonds is 6. The number of hydrazine groups is 1. The highest BCUT2D eigenvalue weighted by Crippen LogP contribution is 2.32. The summed E-state index contributed by atoms with van der Waals surface area (Å²) in [6.07, 6.45) is 9.23. The summed E-state index contributed by atoms with van der Waals surface area (Å²) >= 11 is 0. The van der Waals surface area contributed by atoms with Crippen molar-refractivity contribution in [3.63, 3.8) is 0 Å². The second-order valence-corrected chi connectivity index (χ2v) is 5.99. The van der Waals surface area contributed by atoms with E-state index in [2.05, 4.69) is 12.3 Å². The molecule has 1 aliphatic heterocycles. The van der Waals surface area contributed by atoms with Gasteiger partial charge in [0.05, 0.1) is 18.8 Å². The molecule has 3 unspecified atom stereocenters. The summed E-state index contributed by atoms with van der Waals surface area (Å²) in [6.45, 7) is 4.58. The van der Waals surface area contributed by atoms with Gasteiger partial charge in [-0.05, 0) is 38.5 Å². The summed E-state index contributed by atoms with van der Waals surface area (Å²) in [7, 11) is 0. The Morgan fingerprint density at radius 3 is 2.47 bits per heavy atom. The van der Waals surface area contributed by atoms with Crippen LogP contribution in [-0.2, 0) is 9.47 Å². The predicted octanol–water partition coefficient (Wildman–Crippen LogP) is 2.23. The van der Waals surface area contributed by atoms with Crippen LogP contribution in [0.5, 0.6) is 0 Å². The van der Waals surface area contributed by atoms with E-state index in [0.717, 1.165) is 26.2 Å². The number of nitrogens with one attached hydrogen (secondary N) is 1. The van der Waals surface area contributed by atoms with Crippen LogP contribution in [0.1, 0.15) is 51.9 Å². The van der Waals surface area contributed by atoms with Gasteiger partial charge < -0.3 is 9.47 Å². The van der Waals surface area contributed by atoms with Crippen molar-refractivity contribution in [1.29, 1.82) is 0 Å². The molecule has 0 amide bonds. The average Bonchev–Trinajstić information content (AvgIpc) is 2.49. The summed E-state index contributed by atoms with van der Waals surface area (Å²) in [5.41, 5.74) is 3.05. The zero-order valence-corrected chi connectivity index (χ0v) is 12.3. The Morgan fingerprint density at radius 2 is 1.89 bits per heavy atom. The average molecular weight is 270 g/mol. The Labute approximate surface area is 117 Å². The molecular weight excluding hydrogens is 240 g/mol. The quantitative estimate of drug-likeness (QED) is 0.574. The molecule has 2 fully saturated rings. The van der Waals surface area contributed by atoms with Crippen molar-refractivity contribution in [1.82, 2.24) is 5.43 Å². The summed E-state index contributed by atoms with van der Waals surface area (Å²) in [6, 6.07) is 0.239. The lowest BCUT2D eigenvalue weighted by atomic mass is 9.78. The highest BCUT2D eigenvalue weighted by molar-refractivity contribution is 4.89. The topological polar surface area (TPSA) is 56.5 Å². The summed E-state index contributed by atoms with van der Waals surface area (Å²) in [4.78, 5) is 0. The van der Waals surface area contributed by atoms with E-state index in [1.54, 1.807) is 0 Å². The monoisotopic (exact) mass is 270 g/mol. The van der Waals surface area contributed by atoms with E-state index in [-0.39, 0.29) is 12.1 Å². The molecule has 1 saturated carbocycles. The predicted molar refractivity (Wildman–Crippen MR) is 76.6 cm³/mol.